The van der Waals surface area contributed by atoms with Crippen LogP contribution in [0.1, 0.15) is 27.4 Å². The molecule has 0 aromatic heterocycles. The van der Waals surface area contributed by atoms with Crippen molar-refractivity contribution in [3.63, 3.8) is 0 Å². The first-order valence-corrected chi connectivity index (χ1v) is 11.8. The number of thioether (sulfide) groups is 1. The van der Waals surface area contributed by atoms with Crippen molar-refractivity contribution in [3.05, 3.63) is 93.5 Å². The summed E-state index contributed by atoms with van der Waals surface area (Å²) < 4.78 is 5.39. The zero-order valence-electron chi connectivity index (χ0n) is 18.7. The zero-order valence-corrected chi connectivity index (χ0v) is 19.6. The molecule has 3 aromatic rings. The number of hydrogen-bond donors (Lipinski definition) is 3. The van der Waals surface area contributed by atoms with Gasteiger partial charge in [-0.1, -0.05) is 48.5 Å². The molecule has 0 radical (unpaired) electrons. The van der Waals surface area contributed by atoms with Crippen molar-refractivity contribution in [2.45, 2.75) is 16.9 Å². The monoisotopic (exact) mass is 507 g/mol. The van der Waals surface area contributed by atoms with Crippen molar-refractivity contribution >= 4 is 35.4 Å². The number of aliphatic carboxylic acids is 1. The lowest BCUT2D eigenvalue weighted by Gasteiger charge is -2.17. The minimum absolute atomic E-state index is 0.0133. The van der Waals surface area contributed by atoms with Gasteiger partial charge in [-0.15, -0.1) is 11.8 Å². The van der Waals surface area contributed by atoms with Crippen LogP contribution in [-0.4, -0.2) is 46.4 Å². The Morgan fingerprint density at radius 2 is 1.67 bits per heavy atom. The highest BCUT2D eigenvalue weighted by atomic mass is 32.2. The lowest BCUT2D eigenvalue weighted by Crippen LogP contribution is -2.43. The molecule has 0 bridgehead atoms. The molecule has 1 aliphatic carbocycles. The van der Waals surface area contributed by atoms with Crippen molar-refractivity contribution in [2.24, 2.45) is 5.73 Å². The summed E-state index contributed by atoms with van der Waals surface area (Å²) in [6.07, 6.45) is -0.913. The van der Waals surface area contributed by atoms with E-state index in [4.69, 9.17) is 10.5 Å². The van der Waals surface area contributed by atoms with E-state index in [1.807, 2.05) is 48.5 Å². The summed E-state index contributed by atoms with van der Waals surface area (Å²) in [5, 5.41) is 23.2. The van der Waals surface area contributed by atoms with Gasteiger partial charge in [0.2, 0.25) is 5.91 Å². The third-order valence-electron chi connectivity index (χ3n) is 5.78. The topological polar surface area (TPSA) is 162 Å². The molecule has 3 aromatic carbocycles. The number of nitrogens with zero attached hydrogens (tertiary/aromatic N) is 1. The highest BCUT2D eigenvalue weighted by molar-refractivity contribution is 7.99. The number of carbonyl (C=O) groups excluding carboxylic acids is 2. The standard InChI is InChI=1S/C25H21N3O7S/c26-23(29)14-9-10-22(21(11-14)28(33)34)36-13-20(24(30)31)27-25(32)35-12-19-17-7-3-1-5-15(17)16-6-2-4-8-18(16)19/h1-11,19-20H,12-13H2,(H2,26,29)(H,27,32)(H,30,31)/t20-/m0/s1. The summed E-state index contributed by atoms with van der Waals surface area (Å²) in [6.45, 7) is 0.0133. The van der Waals surface area contributed by atoms with Crippen LogP contribution >= 0.6 is 11.8 Å². The number of nitro groups is 1. The van der Waals surface area contributed by atoms with E-state index >= 15 is 0 Å². The number of ether oxygens (including phenoxy) is 1. The van der Waals surface area contributed by atoms with E-state index in [2.05, 4.69) is 5.32 Å². The van der Waals surface area contributed by atoms with Crippen LogP contribution in [0.25, 0.3) is 11.1 Å². The normalized spacial score (nSPS) is 12.8. The van der Waals surface area contributed by atoms with Crippen LogP contribution < -0.4 is 11.1 Å². The SMILES string of the molecule is NC(=O)c1ccc(SC[C@H](NC(=O)OCC2c3ccccc3-c3ccccc32)C(=O)O)c([N+](=O)[O-])c1. The Bertz CT molecular complexity index is 1320. The van der Waals surface area contributed by atoms with Crippen molar-refractivity contribution in [2.75, 3.05) is 12.4 Å². The van der Waals surface area contributed by atoms with Gasteiger partial charge in [0.05, 0.1) is 9.82 Å². The molecule has 4 N–H and O–H groups in total. The number of rotatable bonds is 9. The fourth-order valence-corrected chi connectivity index (χ4v) is 5.08. The molecule has 11 heteroatoms. The van der Waals surface area contributed by atoms with E-state index in [0.717, 1.165) is 40.1 Å². The third-order valence-corrected chi connectivity index (χ3v) is 6.94. The molecule has 0 fully saturated rings. The number of hydrogen-bond acceptors (Lipinski definition) is 7. The van der Waals surface area contributed by atoms with Gasteiger partial charge in [0.15, 0.2) is 0 Å². The van der Waals surface area contributed by atoms with Gasteiger partial charge < -0.3 is 20.9 Å². The van der Waals surface area contributed by atoms with Gasteiger partial charge in [0.1, 0.15) is 12.6 Å². The largest absolute Gasteiger partial charge is 0.480 e. The predicted molar refractivity (Wildman–Crippen MR) is 132 cm³/mol. The molecule has 0 saturated heterocycles. The Kier molecular flexibility index (Phi) is 7.20. The second-order valence-electron chi connectivity index (χ2n) is 7.98. The Labute approximate surface area is 209 Å². The fourth-order valence-electron chi connectivity index (χ4n) is 4.07. The van der Waals surface area contributed by atoms with Gasteiger partial charge in [-0.2, -0.15) is 0 Å². The van der Waals surface area contributed by atoms with E-state index in [9.17, 15) is 29.6 Å². The Balaban J connectivity index is 1.41. The Hall–Kier alpha value is -4.38. The number of carboxylic acids is 1. The lowest BCUT2D eigenvalue weighted by molar-refractivity contribution is -0.387. The number of benzene rings is 3. The molecule has 0 unspecified atom stereocenters. The third kappa shape index (κ3) is 5.15. The molecule has 0 heterocycles. The molecule has 1 atom stereocenters. The molecule has 4 rings (SSSR count). The molecule has 1 aliphatic rings. The summed E-state index contributed by atoms with van der Waals surface area (Å²) in [6, 6.07) is 17.9. The van der Waals surface area contributed by atoms with Crippen LogP contribution in [0.4, 0.5) is 10.5 Å². The van der Waals surface area contributed by atoms with Gasteiger partial charge in [-0.05, 0) is 34.4 Å². The Morgan fingerprint density at radius 3 is 2.22 bits per heavy atom. The summed E-state index contributed by atoms with van der Waals surface area (Å²) in [4.78, 5) is 46.3. The molecule has 36 heavy (non-hydrogen) atoms. The van der Waals surface area contributed by atoms with E-state index in [1.54, 1.807) is 0 Å². The quantitative estimate of drug-likeness (QED) is 0.224. The second-order valence-corrected chi connectivity index (χ2v) is 9.04. The van der Waals surface area contributed by atoms with E-state index in [1.165, 1.54) is 12.1 Å². The first-order valence-electron chi connectivity index (χ1n) is 10.8. The van der Waals surface area contributed by atoms with Gasteiger partial charge in [0, 0.05) is 23.3 Å². The smallest absolute Gasteiger partial charge is 0.407 e. The number of nitrogens with two attached hydrogens (primary N) is 1. The molecule has 0 spiro atoms. The van der Waals surface area contributed by atoms with Gasteiger partial charge >= 0.3 is 12.1 Å². The zero-order chi connectivity index (χ0) is 25.8. The average Bonchev–Trinajstić information content (AvgIpc) is 3.18. The minimum Gasteiger partial charge on any atom is -0.480 e. The number of nitro benzene ring substituents is 1. The summed E-state index contributed by atoms with van der Waals surface area (Å²) in [5.41, 5.74) is 8.89. The lowest BCUT2D eigenvalue weighted by atomic mass is 9.98. The molecular formula is C25H21N3O7S. The number of nitrogens with one attached hydrogen (secondary N) is 1. The maximum atomic E-state index is 12.5. The van der Waals surface area contributed by atoms with E-state index in [-0.39, 0.29) is 34.4 Å². The molecule has 10 nitrogen and oxygen atoms in total. The highest BCUT2D eigenvalue weighted by Crippen LogP contribution is 2.44. The molecule has 184 valence electrons. The average molecular weight is 508 g/mol. The number of carbonyl (C=O) groups is 3. The van der Waals surface area contributed by atoms with Crippen LogP contribution in [0.2, 0.25) is 0 Å². The van der Waals surface area contributed by atoms with Crippen molar-refractivity contribution in [1.82, 2.24) is 5.32 Å². The number of alkyl carbamates (subject to hydrolysis) is 1. The summed E-state index contributed by atoms with van der Waals surface area (Å²) >= 11 is 0.854. The maximum Gasteiger partial charge on any atom is 0.407 e. The maximum absolute atomic E-state index is 12.5. The molecule has 0 saturated carbocycles. The van der Waals surface area contributed by atoms with E-state index in [0.29, 0.717) is 0 Å². The highest BCUT2D eigenvalue weighted by Gasteiger charge is 2.30. The first kappa shape index (κ1) is 24.7. The number of primary amides is 1. The minimum atomic E-state index is -1.37. The molecule has 0 aliphatic heterocycles. The van der Waals surface area contributed by atoms with Crippen LogP contribution in [0.3, 0.4) is 0 Å². The number of carboxylic acid groups (broad SMARTS) is 1. The van der Waals surface area contributed by atoms with Gasteiger partial charge in [0.25, 0.3) is 5.69 Å². The summed E-state index contributed by atoms with van der Waals surface area (Å²) in [7, 11) is 0. The number of fused-ring (bicyclic) bond motifs is 3. The number of amides is 2. The van der Waals surface area contributed by atoms with Crippen molar-refractivity contribution in [3.8, 4) is 11.1 Å². The first-order chi connectivity index (χ1) is 17.3. The van der Waals surface area contributed by atoms with Gasteiger partial charge in [-0.3, -0.25) is 14.9 Å². The molecule has 2 amide bonds. The van der Waals surface area contributed by atoms with Crippen LogP contribution in [-0.2, 0) is 9.53 Å². The van der Waals surface area contributed by atoms with Crippen LogP contribution in [0, 0.1) is 10.1 Å². The second kappa shape index (κ2) is 10.5. The van der Waals surface area contributed by atoms with Crippen molar-refractivity contribution in [1.29, 1.82) is 0 Å². The Morgan fingerprint density at radius 1 is 1.06 bits per heavy atom. The predicted octanol–water partition coefficient (Wildman–Crippen LogP) is 3.78. The van der Waals surface area contributed by atoms with E-state index < -0.39 is 28.9 Å². The fraction of sp³-hybridized carbons (Fsp3) is 0.160. The summed E-state index contributed by atoms with van der Waals surface area (Å²) in [5.74, 6) is -2.55. The van der Waals surface area contributed by atoms with Gasteiger partial charge in [-0.25, -0.2) is 9.59 Å². The van der Waals surface area contributed by atoms with Crippen LogP contribution in [0.15, 0.2) is 71.6 Å². The van der Waals surface area contributed by atoms with Crippen LogP contribution in [0.5, 0.6) is 0 Å². The van der Waals surface area contributed by atoms with Crippen molar-refractivity contribution < 1.29 is 29.2 Å². The molecular weight excluding hydrogens is 486 g/mol.